The molecule has 1 rings (SSSR count). The number of urea groups is 1. The Bertz CT molecular complexity index is 480. The number of amides is 2. The first-order valence-corrected chi connectivity index (χ1v) is 7.12. The Hall–Kier alpha value is -1.60. The zero-order valence-corrected chi connectivity index (χ0v) is 12.8. The molecular weight excluding hydrogens is 326 g/mol. The molecule has 1 aromatic rings. The van der Waals surface area contributed by atoms with Crippen LogP contribution in [0.4, 0.5) is 10.5 Å². The van der Waals surface area contributed by atoms with E-state index in [0.29, 0.717) is 16.7 Å². The summed E-state index contributed by atoms with van der Waals surface area (Å²) in [6.45, 7) is 4.37. The van der Waals surface area contributed by atoms with E-state index in [1.807, 2.05) is 6.92 Å². The van der Waals surface area contributed by atoms with E-state index in [9.17, 15) is 9.59 Å². The molecule has 0 aromatic heterocycles. The van der Waals surface area contributed by atoms with Gasteiger partial charge >= 0.3 is 12.0 Å². The number of carbonyl (C=O) groups excluding carboxylic acids is 1. The van der Waals surface area contributed by atoms with Gasteiger partial charge in [-0.3, -0.25) is 0 Å². The topological polar surface area (TPSA) is 90.5 Å². The van der Waals surface area contributed by atoms with Crippen molar-refractivity contribution in [1.29, 1.82) is 0 Å². The van der Waals surface area contributed by atoms with Gasteiger partial charge in [0.25, 0.3) is 0 Å². The Balaban J connectivity index is 2.44. The van der Waals surface area contributed by atoms with Crippen LogP contribution in [0.5, 0.6) is 0 Å². The molecule has 0 bridgehead atoms. The molecule has 0 aliphatic rings. The van der Waals surface area contributed by atoms with Crippen LogP contribution in [0.2, 0.25) is 0 Å². The van der Waals surface area contributed by atoms with Gasteiger partial charge in [0.15, 0.2) is 0 Å². The Morgan fingerprint density at radius 2 is 2.05 bits per heavy atom. The first kappa shape index (κ1) is 16.5. The standard InChI is InChI=1S/C13H18BrN3O3/c1-2-15-6-3-7-16-13(20)17-11-5-4-9(12(18)19)8-10(11)14/h4-5,8,15H,2-3,6-7H2,1H3,(H,18,19)(H2,16,17,20). The van der Waals surface area contributed by atoms with Crippen molar-refractivity contribution in [3.8, 4) is 0 Å². The monoisotopic (exact) mass is 343 g/mol. The molecule has 0 aliphatic carbocycles. The number of benzene rings is 1. The molecule has 2 amide bonds. The lowest BCUT2D eigenvalue weighted by Gasteiger charge is -2.09. The van der Waals surface area contributed by atoms with E-state index in [0.717, 1.165) is 19.5 Å². The van der Waals surface area contributed by atoms with Gasteiger partial charge in [-0.1, -0.05) is 6.92 Å². The number of hydrogen-bond acceptors (Lipinski definition) is 3. The van der Waals surface area contributed by atoms with Crippen molar-refractivity contribution in [3.05, 3.63) is 28.2 Å². The van der Waals surface area contributed by atoms with Gasteiger partial charge in [0.2, 0.25) is 0 Å². The third-order valence-corrected chi connectivity index (χ3v) is 3.19. The number of anilines is 1. The van der Waals surface area contributed by atoms with Crippen LogP contribution in [-0.2, 0) is 0 Å². The van der Waals surface area contributed by atoms with Crippen LogP contribution >= 0.6 is 15.9 Å². The zero-order chi connectivity index (χ0) is 15.0. The van der Waals surface area contributed by atoms with E-state index in [1.165, 1.54) is 12.1 Å². The molecule has 0 heterocycles. The lowest BCUT2D eigenvalue weighted by atomic mass is 10.2. The molecular formula is C13H18BrN3O3. The van der Waals surface area contributed by atoms with Gasteiger partial charge in [0, 0.05) is 11.0 Å². The summed E-state index contributed by atoms with van der Waals surface area (Å²) in [5.74, 6) is -1.01. The molecule has 0 unspecified atom stereocenters. The van der Waals surface area contributed by atoms with Gasteiger partial charge in [-0.2, -0.15) is 0 Å². The van der Waals surface area contributed by atoms with Crippen LogP contribution in [0.25, 0.3) is 0 Å². The average molecular weight is 344 g/mol. The van der Waals surface area contributed by atoms with Gasteiger partial charge in [-0.05, 0) is 53.6 Å². The maximum Gasteiger partial charge on any atom is 0.335 e. The van der Waals surface area contributed by atoms with Gasteiger partial charge in [0.05, 0.1) is 11.3 Å². The highest BCUT2D eigenvalue weighted by atomic mass is 79.9. The van der Waals surface area contributed by atoms with Crippen LogP contribution in [0.3, 0.4) is 0 Å². The van der Waals surface area contributed by atoms with Gasteiger partial charge < -0.3 is 21.1 Å². The largest absolute Gasteiger partial charge is 0.478 e. The highest BCUT2D eigenvalue weighted by molar-refractivity contribution is 9.10. The molecule has 0 spiro atoms. The number of aromatic carboxylic acids is 1. The fourth-order valence-corrected chi connectivity index (χ4v) is 1.99. The van der Waals surface area contributed by atoms with Crippen molar-refractivity contribution in [1.82, 2.24) is 10.6 Å². The second-order valence-electron chi connectivity index (χ2n) is 4.09. The molecule has 0 saturated heterocycles. The smallest absolute Gasteiger partial charge is 0.335 e. The highest BCUT2D eigenvalue weighted by Gasteiger charge is 2.08. The molecule has 7 heteroatoms. The van der Waals surface area contributed by atoms with E-state index < -0.39 is 5.97 Å². The highest BCUT2D eigenvalue weighted by Crippen LogP contribution is 2.23. The summed E-state index contributed by atoms with van der Waals surface area (Å²) in [5.41, 5.74) is 0.688. The summed E-state index contributed by atoms with van der Waals surface area (Å²) in [7, 11) is 0. The second kappa shape index (κ2) is 8.55. The van der Waals surface area contributed by atoms with Crippen molar-refractivity contribution in [2.24, 2.45) is 0 Å². The Kier molecular flexibility index (Phi) is 7.03. The Labute approximate surface area is 126 Å². The fraction of sp³-hybridized carbons (Fsp3) is 0.385. The maximum absolute atomic E-state index is 11.6. The number of carboxylic acids is 1. The maximum atomic E-state index is 11.6. The zero-order valence-electron chi connectivity index (χ0n) is 11.2. The molecule has 0 fully saturated rings. The molecule has 110 valence electrons. The summed E-state index contributed by atoms with van der Waals surface area (Å²) in [5, 5.41) is 17.4. The molecule has 0 atom stereocenters. The number of carbonyl (C=O) groups is 2. The molecule has 6 nitrogen and oxygen atoms in total. The normalized spacial score (nSPS) is 10.1. The minimum absolute atomic E-state index is 0.161. The molecule has 0 radical (unpaired) electrons. The van der Waals surface area contributed by atoms with Gasteiger partial charge in [0.1, 0.15) is 0 Å². The van der Waals surface area contributed by atoms with Crippen LogP contribution in [0.1, 0.15) is 23.7 Å². The third-order valence-electron chi connectivity index (χ3n) is 2.53. The molecule has 0 saturated carbocycles. The number of nitrogens with one attached hydrogen (secondary N) is 3. The van der Waals surface area contributed by atoms with E-state index >= 15 is 0 Å². The van der Waals surface area contributed by atoms with Crippen molar-refractivity contribution in [2.75, 3.05) is 25.0 Å². The van der Waals surface area contributed by atoms with Crippen molar-refractivity contribution >= 4 is 33.6 Å². The third kappa shape index (κ3) is 5.58. The SMILES string of the molecule is CCNCCCNC(=O)Nc1ccc(C(=O)O)cc1Br. The van der Waals surface area contributed by atoms with Crippen molar-refractivity contribution < 1.29 is 14.7 Å². The Morgan fingerprint density at radius 1 is 1.30 bits per heavy atom. The minimum Gasteiger partial charge on any atom is -0.478 e. The van der Waals surface area contributed by atoms with Crippen LogP contribution < -0.4 is 16.0 Å². The average Bonchev–Trinajstić information content (AvgIpc) is 2.40. The van der Waals surface area contributed by atoms with Crippen LogP contribution in [-0.4, -0.2) is 36.7 Å². The molecule has 1 aromatic carbocycles. The predicted octanol–water partition coefficient (Wildman–Crippen LogP) is 2.27. The fourth-order valence-electron chi connectivity index (χ4n) is 1.51. The van der Waals surface area contributed by atoms with E-state index in [-0.39, 0.29) is 11.6 Å². The number of halogens is 1. The van der Waals surface area contributed by atoms with E-state index in [2.05, 4.69) is 31.9 Å². The summed E-state index contributed by atoms with van der Waals surface area (Å²) in [4.78, 5) is 22.4. The molecule has 0 aliphatic heterocycles. The van der Waals surface area contributed by atoms with E-state index in [4.69, 9.17) is 5.11 Å². The Morgan fingerprint density at radius 3 is 2.65 bits per heavy atom. The lowest BCUT2D eigenvalue weighted by molar-refractivity contribution is 0.0697. The molecule has 20 heavy (non-hydrogen) atoms. The first-order chi connectivity index (χ1) is 9.54. The summed E-state index contributed by atoms with van der Waals surface area (Å²) in [6.07, 6.45) is 0.848. The number of rotatable bonds is 7. The predicted molar refractivity (Wildman–Crippen MR) is 81.3 cm³/mol. The minimum atomic E-state index is -1.01. The van der Waals surface area contributed by atoms with Crippen molar-refractivity contribution in [2.45, 2.75) is 13.3 Å². The second-order valence-corrected chi connectivity index (χ2v) is 4.94. The number of carboxylic acid groups (broad SMARTS) is 1. The number of hydrogen-bond donors (Lipinski definition) is 4. The quantitative estimate of drug-likeness (QED) is 0.571. The first-order valence-electron chi connectivity index (χ1n) is 6.33. The summed E-state index contributed by atoms with van der Waals surface area (Å²) >= 11 is 3.23. The summed E-state index contributed by atoms with van der Waals surface area (Å²) < 4.78 is 0.528. The molecule has 4 N–H and O–H groups in total. The summed E-state index contributed by atoms with van der Waals surface area (Å²) in [6, 6.07) is 4.12. The van der Waals surface area contributed by atoms with E-state index in [1.54, 1.807) is 6.07 Å². The van der Waals surface area contributed by atoms with Crippen LogP contribution in [0, 0.1) is 0 Å². The van der Waals surface area contributed by atoms with Crippen LogP contribution in [0.15, 0.2) is 22.7 Å². The van der Waals surface area contributed by atoms with Gasteiger partial charge in [-0.15, -0.1) is 0 Å². The van der Waals surface area contributed by atoms with Gasteiger partial charge in [-0.25, -0.2) is 9.59 Å². The lowest BCUT2D eigenvalue weighted by Crippen LogP contribution is -2.31. The van der Waals surface area contributed by atoms with Crippen molar-refractivity contribution in [3.63, 3.8) is 0 Å².